The Morgan fingerprint density at radius 3 is 3.03 bits per heavy atom. The Morgan fingerprint density at radius 1 is 1.26 bits per heavy atom. The van der Waals surface area contributed by atoms with Crippen LogP contribution >= 0.6 is 11.3 Å². The van der Waals surface area contributed by atoms with E-state index in [1.165, 1.54) is 15.8 Å². The lowest BCUT2D eigenvalue weighted by molar-refractivity contribution is -0.125. The minimum atomic E-state index is -0.0392. The fraction of sp³-hybridized carbons (Fsp3) is 0.292. The number of hydrogen-bond donors (Lipinski definition) is 2. The van der Waals surface area contributed by atoms with Gasteiger partial charge in [0.1, 0.15) is 5.82 Å². The summed E-state index contributed by atoms with van der Waals surface area (Å²) in [6.45, 7) is 2.18. The Labute approximate surface area is 185 Å². The van der Waals surface area contributed by atoms with Crippen molar-refractivity contribution < 1.29 is 4.79 Å². The highest BCUT2D eigenvalue weighted by molar-refractivity contribution is 7.10. The van der Waals surface area contributed by atoms with Crippen molar-refractivity contribution in [2.24, 2.45) is 5.92 Å². The first kappa shape index (κ1) is 19.8. The van der Waals surface area contributed by atoms with Crippen molar-refractivity contribution in [1.29, 1.82) is 0 Å². The summed E-state index contributed by atoms with van der Waals surface area (Å²) in [5, 5.41) is 6.56. The largest absolute Gasteiger partial charge is 0.361 e. The molecule has 2 unspecified atom stereocenters. The van der Waals surface area contributed by atoms with Gasteiger partial charge < -0.3 is 15.2 Å². The highest BCUT2D eigenvalue weighted by Gasteiger charge is 2.28. The number of H-pyrrole nitrogens is 1. The smallest absolute Gasteiger partial charge is 0.224 e. The van der Waals surface area contributed by atoms with Gasteiger partial charge in [0.25, 0.3) is 0 Å². The van der Waals surface area contributed by atoms with Crippen LogP contribution in [0.2, 0.25) is 0 Å². The predicted octanol–water partition coefficient (Wildman–Crippen LogP) is 4.18. The lowest BCUT2D eigenvalue weighted by Gasteiger charge is -2.32. The van der Waals surface area contributed by atoms with Crippen molar-refractivity contribution in [2.75, 3.05) is 24.5 Å². The quantitative estimate of drug-likeness (QED) is 0.480. The van der Waals surface area contributed by atoms with Gasteiger partial charge in [0.15, 0.2) is 0 Å². The maximum Gasteiger partial charge on any atom is 0.224 e. The molecule has 0 aliphatic carbocycles. The summed E-state index contributed by atoms with van der Waals surface area (Å²) in [7, 11) is 0. The number of amides is 1. The molecule has 1 fully saturated rings. The van der Waals surface area contributed by atoms with E-state index in [1.807, 2.05) is 6.07 Å². The van der Waals surface area contributed by atoms with Crippen LogP contribution in [0.1, 0.15) is 29.2 Å². The number of carbonyl (C=O) groups excluding carboxylic acids is 1. The monoisotopic (exact) mass is 431 g/mol. The molecule has 31 heavy (non-hydrogen) atoms. The third-order valence-corrected chi connectivity index (χ3v) is 7.02. The van der Waals surface area contributed by atoms with Crippen molar-refractivity contribution in [3.8, 4) is 0 Å². The standard InChI is InChI=1S/C24H25N5OS/c30-24(17-5-3-11-29(16-17)23-15-25-9-10-26-23)28-14-20(22-8-4-12-31-22)19-13-27-21-7-2-1-6-18(19)21/h1-2,4,6-10,12-13,15,17,20,27H,3,5,11,14,16H2,(H,28,30). The molecule has 7 heteroatoms. The van der Waals surface area contributed by atoms with Crippen molar-refractivity contribution in [3.05, 3.63) is 77.0 Å². The molecule has 0 saturated carbocycles. The zero-order valence-electron chi connectivity index (χ0n) is 17.2. The van der Waals surface area contributed by atoms with E-state index >= 15 is 0 Å². The van der Waals surface area contributed by atoms with Crippen molar-refractivity contribution >= 4 is 34.0 Å². The van der Waals surface area contributed by atoms with Crippen LogP contribution in [0.25, 0.3) is 10.9 Å². The number of thiophene rings is 1. The second-order valence-corrected chi connectivity index (χ2v) is 8.93. The second-order valence-electron chi connectivity index (χ2n) is 7.95. The van der Waals surface area contributed by atoms with E-state index in [-0.39, 0.29) is 17.7 Å². The summed E-state index contributed by atoms with van der Waals surface area (Å²) in [4.78, 5) is 28.5. The fourth-order valence-electron chi connectivity index (χ4n) is 4.44. The van der Waals surface area contributed by atoms with E-state index in [0.717, 1.165) is 30.7 Å². The Hall–Kier alpha value is -3.19. The van der Waals surface area contributed by atoms with Crippen molar-refractivity contribution in [3.63, 3.8) is 0 Å². The molecule has 1 saturated heterocycles. The van der Waals surface area contributed by atoms with Crippen LogP contribution in [0, 0.1) is 5.92 Å². The van der Waals surface area contributed by atoms with Gasteiger partial charge >= 0.3 is 0 Å². The zero-order valence-corrected chi connectivity index (χ0v) is 18.0. The summed E-state index contributed by atoms with van der Waals surface area (Å²) < 4.78 is 0. The van der Waals surface area contributed by atoms with Gasteiger partial charge in [0, 0.05) is 59.9 Å². The summed E-state index contributed by atoms with van der Waals surface area (Å²) in [6.07, 6.45) is 9.10. The molecule has 1 aliphatic heterocycles. The van der Waals surface area contributed by atoms with Crippen LogP contribution in [0.3, 0.4) is 0 Å². The van der Waals surface area contributed by atoms with Crippen LogP contribution in [0.4, 0.5) is 5.82 Å². The first-order valence-electron chi connectivity index (χ1n) is 10.7. The molecule has 0 radical (unpaired) electrons. The first-order valence-corrected chi connectivity index (χ1v) is 11.6. The number of hydrogen-bond acceptors (Lipinski definition) is 5. The van der Waals surface area contributed by atoms with Gasteiger partial charge in [-0.1, -0.05) is 24.3 Å². The van der Waals surface area contributed by atoms with Gasteiger partial charge in [0.05, 0.1) is 12.1 Å². The molecule has 1 aromatic carbocycles. The molecule has 6 nitrogen and oxygen atoms in total. The van der Waals surface area contributed by atoms with Gasteiger partial charge in [-0.25, -0.2) is 4.98 Å². The topological polar surface area (TPSA) is 73.9 Å². The molecule has 158 valence electrons. The van der Waals surface area contributed by atoms with E-state index in [1.54, 1.807) is 29.9 Å². The minimum absolute atomic E-state index is 0.0392. The third-order valence-electron chi connectivity index (χ3n) is 6.03. The molecule has 2 atom stereocenters. The normalized spacial score (nSPS) is 17.5. The zero-order chi connectivity index (χ0) is 21.0. The molecular formula is C24H25N5OS. The highest BCUT2D eigenvalue weighted by atomic mass is 32.1. The van der Waals surface area contributed by atoms with Crippen LogP contribution in [0.5, 0.6) is 0 Å². The van der Waals surface area contributed by atoms with E-state index in [0.29, 0.717) is 13.1 Å². The predicted molar refractivity (Wildman–Crippen MR) is 124 cm³/mol. The number of fused-ring (bicyclic) bond motifs is 1. The molecule has 2 N–H and O–H groups in total. The van der Waals surface area contributed by atoms with Gasteiger partial charge in [-0.05, 0) is 35.9 Å². The molecule has 4 heterocycles. The summed E-state index contributed by atoms with van der Waals surface area (Å²) in [6, 6.07) is 12.6. The molecule has 0 spiro atoms. The summed E-state index contributed by atoms with van der Waals surface area (Å²) in [5.41, 5.74) is 2.35. The number of nitrogens with zero attached hydrogens (tertiary/aromatic N) is 3. The summed E-state index contributed by atoms with van der Waals surface area (Å²) >= 11 is 1.73. The second kappa shape index (κ2) is 8.89. The van der Waals surface area contributed by atoms with Gasteiger partial charge in [-0.3, -0.25) is 9.78 Å². The van der Waals surface area contributed by atoms with E-state index < -0.39 is 0 Å². The fourth-order valence-corrected chi connectivity index (χ4v) is 5.28. The Balaban J connectivity index is 1.31. The van der Waals surface area contributed by atoms with Crippen LogP contribution in [-0.2, 0) is 4.79 Å². The average molecular weight is 432 g/mol. The Bertz CT molecular complexity index is 1140. The number of rotatable bonds is 6. The number of nitrogens with one attached hydrogen (secondary N) is 2. The summed E-state index contributed by atoms with van der Waals surface area (Å²) in [5.74, 6) is 1.05. The minimum Gasteiger partial charge on any atom is -0.361 e. The maximum absolute atomic E-state index is 13.1. The number of piperidine rings is 1. The number of anilines is 1. The molecule has 5 rings (SSSR count). The van der Waals surface area contributed by atoms with Crippen molar-refractivity contribution in [2.45, 2.75) is 18.8 Å². The third kappa shape index (κ3) is 4.18. The molecular weight excluding hydrogens is 406 g/mol. The number of benzene rings is 1. The van der Waals surface area contributed by atoms with Crippen LogP contribution in [-0.4, -0.2) is 40.5 Å². The number of para-hydroxylation sites is 1. The molecule has 1 aliphatic rings. The Morgan fingerprint density at radius 2 is 2.19 bits per heavy atom. The van der Waals surface area contributed by atoms with Gasteiger partial charge in [-0.2, -0.15) is 0 Å². The van der Waals surface area contributed by atoms with E-state index in [2.05, 4.69) is 67.1 Å². The number of aromatic amines is 1. The van der Waals surface area contributed by atoms with Gasteiger partial charge in [0.2, 0.25) is 5.91 Å². The van der Waals surface area contributed by atoms with E-state index in [9.17, 15) is 4.79 Å². The molecule has 1 amide bonds. The first-order chi connectivity index (χ1) is 15.3. The maximum atomic E-state index is 13.1. The Kier molecular flexibility index (Phi) is 5.67. The SMILES string of the molecule is O=C(NCC(c1cccs1)c1c[nH]c2ccccc12)C1CCCN(c2cnccn2)C1. The number of carbonyl (C=O) groups is 1. The number of aromatic nitrogens is 3. The van der Waals surface area contributed by atoms with Crippen molar-refractivity contribution in [1.82, 2.24) is 20.3 Å². The lowest BCUT2D eigenvalue weighted by atomic mass is 9.94. The van der Waals surface area contributed by atoms with Gasteiger partial charge in [-0.15, -0.1) is 11.3 Å². The lowest BCUT2D eigenvalue weighted by Crippen LogP contribution is -2.44. The van der Waals surface area contributed by atoms with E-state index in [4.69, 9.17) is 0 Å². The van der Waals surface area contributed by atoms with Crippen LogP contribution < -0.4 is 10.2 Å². The molecule has 4 aromatic rings. The highest BCUT2D eigenvalue weighted by Crippen LogP contribution is 2.33. The average Bonchev–Trinajstić information content (AvgIpc) is 3.51. The van der Waals surface area contributed by atoms with Crippen LogP contribution in [0.15, 0.2) is 66.6 Å². The molecule has 3 aromatic heterocycles. The molecule has 0 bridgehead atoms.